The lowest BCUT2D eigenvalue weighted by Crippen LogP contribution is -2.27. The van der Waals surface area contributed by atoms with Crippen LogP contribution in [0.25, 0.3) is 0 Å². The number of halogens is 1. The number of benzene rings is 2. The number of nitrogens with two attached hydrogens (primary N) is 1. The smallest absolute Gasteiger partial charge is 0.253 e. The molecule has 0 fully saturated rings. The second-order valence-corrected chi connectivity index (χ2v) is 5.43. The lowest BCUT2D eigenvalue weighted by atomic mass is 10.1. The molecule has 0 aromatic heterocycles. The maximum atomic E-state index is 12.3. The number of nitrogen functional groups attached to an aromatic ring is 1. The van der Waals surface area contributed by atoms with Crippen LogP contribution in [-0.2, 0) is 6.42 Å². The van der Waals surface area contributed by atoms with Crippen LogP contribution < -0.4 is 11.1 Å². The molecule has 0 radical (unpaired) electrons. The zero-order valence-electron chi connectivity index (χ0n) is 10.9. The van der Waals surface area contributed by atoms with Gasteiger partial charge in [-0.3, -0.25) is 4.79 Å². The highest BCUT2D eigenvalue weighted by molar-refractivity contribution is 6.31. The average Bonchev–Trinajstić information content (AvgIpc) is 2.82. The van der Waals surface area contributed by atoms with Crippen LogP contribution >= 0.6 is 11.6 Å². The molecule has 1 aliphatic carbocycles. The second-order valence-electron chi connectivity index (χ2n) is 5.00. The summed E-state index contributed by atoms with van der Waals surface area (Å²) in [6.45, 7) is 0. The Kier molecular flexibility index (Phi) is 3.36. The number of anilines is 1. The van der Waals surface area contributed by atoms with E-state index in [1.165, 1.54) is 11.1 Å². The second kappa shape index (κ2) is 5.17. The molecular weight excluding hydrogens is 272 g/mol. The van der Waals surface area contributed by atoms with Gasteiger partial charge < -0.3 is 11.1 Å². The number of rotatable bonds is 2. The maximum Gasteiger partial charge on any atom is 0.253 e. The van der Waals surface area contributed by atoms with E-state index in [2.05, 4.69) is 17.4 Å². The first-order chi connectivity index (χ1) is 9.65. The number of amides is 1. The lowest BCUT2D eigenvalue weighted by Gasteiger charge is -2.15. The van der Waals surface area contributed by atoms with Gasteiger partial charge in [0.1, 0.15) is 0 Å². The van der Waals surface area contributed by atoms with Gasteiger partial charge in [-0.1, -0.05) is 35.9 Å². The molecule has 3 nitrogen and oxygen atoms in total. The van der Waals surface area contributed by atoms with Crippen molar-refractivity contribution in [1.82, 2.24) is 5.32 Å². The van der Waals surface area contributed by atoms with Gasteiger partial charge in [0.25, 0.3) is 5.91 Å². The number of hydrogen-bond acceptors (Lipinski definition) is 2. The van der Waals surface area contributed by atoms with Gasteiger partial charge in [0.15, 0.2) is 0 Å². The Bertz CT molecular complexity index is 669. The Morgan fingerprint density at radius 2 is 2.05 bits per heavy atom. The molecule has 2 aromatic carbocycles. The van der Waals surface area contributed by atoms with Gasteiger partial charge in [-0.15, -0.1) is 0 Å². The van der Waals surface area contributed by atoms with E-state index in [0.29, 0.717) is 16.3 Å². The first-order valence-electron chi connectivity index (χ1n) is 6.59. The minimum atomic E-state index is -0.152. The Balaban J connectivity index is 1.81. The van der Waals surface area contributed by atoms with Crippen LogP contribution in [0.5, 0.6) is 0 Å². The molecule has 3 N–H and O–H groups in total. The number of aryl methyl sites for hydroxylation is 1. The highest BCUT2D eigenvalue weighted by Crippen LogP contribution is 2.31. The first-order valence-corrected chi connectivity index (χ1v) is 6.96. The third-order valence-electron chi connectivity index (χ3n) is 3.70. The molecule has 1 amide bonds. The molecule has 1 unspecified atom stereocenters. The van der Waals surface area contributed by atoms with Crippen molar-refractivity contribution in [2.45, 2.75) is 18.9 Å². The van der Waals surface area contributed by atoms with Gasteiger partial charge in [-0.2, -0.15) is 0 Å². The molecule has 0 heterocycles. The highest BCUT2D eigenvalue weighted by atomic mass is 35.5. The molecule has 2 aromatic rings. The van der Waals surface area contributed by atoms with E-state index in [0.717, 1.165) is 12.8 Å². The molecule has 3 rings (SSSR count). The maximum absolute atomic E-state index is 12.3. The fourth-order valence-electron chi connectivity index (χ4n) is 2.68. The summed E-state index contributed by atoms with van der Waals surface area (Å²) < 4.78 is 0. The third-order valence-corrected chi connectivity index (χ3v) is 3.93. The molecule has 0 aliphatic heterocycles. The van der Waals surface area contributed by atoms with Crippen molar-refractivity contribution in [3.05, 3.63) is 64.2 Å². The van der Waals surface area contributed by atoms with E-state index in [1.807, 2.05) is 12.1 Å². The van der Waals surface area contributed by atoms with E-state index < -0.39 is 0 Å². The van der Waals surface area contributed by atoms with E-state index >= 15 is 0 Å². The summed E-state index contributed by atoms with van der Waals surface area (Å²) in [5, 5.41) is 3.58. The van der Waals surface area contributed by atoms with Crippen molar-refractivity contribution in [1.29, 1.82) is 0 Å². The van der Waals surface area contributed by atoms with E-state index in [-0.39, 0.29) is 11.9 Å². The quantitative estimate of drug-likeness (QED) is 0.832. The Morgan fingerprint density at radius 3 is 2.85 bits per heavy atom. The van der Waals surface area contributed by atoms with Crippen LogP contribution in [0, 0.1) is 0 Å². The van der Waals surface area contributed by atoms with Crippen LogP contribution in [0.2, 0.25) is 5.02 Å². The van der Waals surface area contributed by atoms with Crippen LogP contribution in [0.1, 0.15) is 33.9 Å². The van der Waals surface area contributed by atoms with Crippen LogP contribution in [0.4, 0.5) is 5.69 Å². The minimum Gasteiger partial charge on any atom is -0.398 e. The van der Waals surface area contributed by atoms with Gasteiger partial charge in [0, 0.05) is 10.7 Å². The molecule has 1 aliphatic rings. The molecule has 4 heteroatoms. The largest absolute Gasteiger partial charge is 0.398 e. The molecule has 0 saturated carbocycles. The summed E-state index contributed by atoms with van der Waals surface area (Å²) in [5.74, 6) is -0.152. The van der Waals surface area contributed by atoms with Crippen molar-refractivity contribution in [2.24, 2.45) is 0 Å². The number of fused-ring (bicyclic) bond motifs is 1. The van der Waals surface area contributed by atoms with Crippen molar-refractivity contribution >= 4 is 23.2 Å². The lowest BCUT2D eigenvalue weighted by molar-refractivity contribution is 0.0937. The number of carbonyl (C=O) groups excluding carboxylic acids is 1. The number of carbonyl (C=O) groups is 1. The summed E-state index contributed by atoms with van der Waals surface area (Å²) in [6, 6.07) is 13.2. The standard InChI is InChI=1S/C16H15ClN2O/c17-11-6-7-13(14(18)9-11)16(20)19-15-8-5-10-3-1-2-4-12(10)15/h1-4,6-7,9,15H,5,8,18H2,(H,19,20). The highest BCUT2D eigenvalue weighted by Gasteiger charge is 2.24. The van der Waals surface area contributed by atoms with Crippen LogP contribution in [0.3, 0.4) is 0 Å². The SMILES string of the molecule is Nc1cc(Cl)ccc1C(=O)NC1CCc2ccccc21. The summed E-state index contributed by atoms with van der Waals surface area (Å²) in [7, 11) is 0. The Morgan fingerprint density at radius 1 is 1.25 bits per heavy atom. The van der Waals surface area contributed by atoms with E-state index in [1.54, 1.807) is 18.2 Å². The topological polar surface area (TPSA) is 55.1 Å². The number of hydrogen-bond donors (Lipinski definition) is 2. The summed E-state index contributed by atoms with van der Waals surface area (Å²) in [4.78, 5) is 12.3. The Hall–Kier alpha value is -2.00. The third kappa shape index (κ3) is 2.37. The molecule has 0 spiro atoms. The van der Waals surface area contributed by atoms with Crippen molar-refractivity contribution in [3.8, 4) is 0 Å². The predicted molar refractivity (Wildman–Crippen MR) is 80.8 cm³/mol. The average molecular weight is 287 g/mol. The predicted octanol–water partition coefficient (Wildman–Crippen LogP) is 3.34. The van der Waals surface area contributed by atoms with E-state index in [9.17, 15) is 4.79 Å². The van der Waals surface area contributed by atoms with Gasteiger partial charge in [-0.25, -0.2) is 0 Å². The minimum absolute atomic E-state index is 0.0637. The summed E-state index contributed by atoms with van der Waals surface area (Å²) in [5.41, 5.74) is 9.23. The van der Waals surface area contributed by atoms with Crippen LogP contribution in [-0.4, -0.2) is 5.91 Å². The van der Waals surface area contributed by atoms with Gasteiger partial charge in [-0.05, 0) is 42.2 Å². The number of nitrogens with one attached hydrogen (secondary N) is 1. The molecule has 20 heavy (non-hydrogen) atoms. The normalized spacial score (nSPS) is 16.8. The van der Waals surface area contributed by atoms with Gasteiger partial charge in [0.05, 0.1) is 11.6 Å². The fraction of sp³-hybridized carbons (Fsp3) is 0.188. The van der Waals surface area contributed by atoms with Gasteiger partial charge >= 0.3 is 0 Å². The van der Waals surface area contributed by atoms with Crippen molar-refractivity contribution < 1.29 is 4.79 Å². The zero-order valence-corrected chi connectivity index (χ0v) is 11.7. The molecule has 0 bridgehead atoms. The summed E-state index contributed by atoms with van der Waals surface area (Å²) >= 11 is 5.85. The Labute approximate surface area is 122 Å². The van der Waals surface area contributed by atoms with E-state index in [4.69, 9.17) is 17.3 Å². The van der Waals surface area contributed by atoms with Crippen molar-refractivity contribution in [3.63, 3.8) is 0 Å². The van der Waals surface area contributed by atoms with Crippen molar-refractivity contribution in [2.75, 3.05) is 5.73 Å². The fourth-order valence-corrected chi connectivity index (χ4v) is 2.86. The molecule has 1 atom stereocenters. The molecule has 102 valence electrons. The zero-order chi connectivity index (χ0) is 14.1. The molecule has 0 saturated heterocycles. The summed E-state index contributed by atoms with van der Waals surface area (Å²) in [6.07, 6.45) is 1.93. The molecular formula is C16H15ClN2O. The van der Waals surface area contributed by atoms with Gasteiger partial charge in [0.2, 0.25) is 0 Å². The monoisotopic (exact) mass is 286 g/mol. The first kappa shape index (κ1) is 13.0. The van der Waals surface area contributed by atoms with Crippen LogP contribution in [0.15, 0.2) is 42.5 Å².